The molecule has 66 valence electrons. The smallest absolute Gasteiger partial charge is 0.0693 e. The van der Waals surface area contributed by atoms with Crippen molar-refractivity contribution >= 4 is 0 Å². The largest absolute Gasteiger partial charge is 0.380 e. The second-order valence-corrected chi connectivity index (χ2v) is 3.52. The van der Waals surface area contributed by atoms with Crippen molar-refractivity contribution in [3.63, 3.8) is 0 Å². The third kappa shape index (κ3) is 2.46. The molecule has 1 aliphatic carbocycles. The Morgan fingerprint density at radius 1 is 1.36 bits per heavy atom. The van der Waals surface area contributed by atoms with Crippen LogP contribution in [0.2, 0.25) is 0 Å². The van der Waals surface area contributed by atoms with Crippen LogP contribution in [0, 0.1) is 0 Å². The maximum absolute atomic E-state index is 5.22. The van der Waals surface area contributed by atoms with Gasteiger partial charge in [-0.25, -0.2) is 0 Å². The highest BCUT2D eigenvalue weighted by molar-refractivity contribution is 4.81. The Hall–Kier alpha value is -0.0800. The van der Waals surface area contributed by atoms with Crippen LogP contribution in [0.3, 0.4) is 0 Å². The van der Waals surface area contributed by atoms with E-state index >= 15 is 0 Å². The Bertz CT molecular complexity index is 112. The van der Waals surface area contributed by atoms with Gasteiger partial charge in [0.15, 0.2) is 0 Å². The molecular formula is C9H19NO. The highest BCUT2D eigenvalue weighted by Gasteiger charge is 2.21. The summed E-state index contributed by atoms with van der Waals surface area (Å²) in [5.74, 6) is 0. The van der Waals surface area contributed by atoms with E-state index in [0.717, 1.165) is 6.04 Å². The lowest BCUT2D eigenvalue weighted by Gasteiger charge is -2.32. The zero-order valence-electron chi connectivity index (χ0n) is 7.76. The first-order valence-electron chi connectivity index (χ1n) is 4.53. The lowest BCUT2D eigenvalue weighted by Crippen LogP contribution is -2.46. The molecule has 0 saturated heterocycles. The lowest BCUT2D eigenvalue weighted by molar-refractivity contribution is 0.0793. The van der Waals surface area contributed by atoms with Crippen LogP contribution < -0.4 is 5.32 Å². The maximum atomic E-state index is 5.22. The topological polar surface area (TPSA) is 21.3 Å². The van der Waals surface area contributed by atoms with Crippen LogP contribution in [0.5, 0.6) is 0 Å². The van der Waals surface area contributed by atoms with E-state index < -0.39 is 0 Å². The predicted octanol–water partition coefficient (Wildman–Crippen LogP) is 1.55. The van der Waals surface area contributed by atoms with Gasteiger partial charge in [-0.2, -0.15) is 0 Å². The average molecular weight is 157 g/mol. The molecule has 0 aliphatic heterocycles. The van der Waals surface area contributed by atoms with Crippen LogP contribution >= 0.6 is 0 Å². The zero-order chi connectivity index (χ0) is 8.27. The normalized spacial score (nSPS) is 24.3. The Morgan fingerprint density at radius 3 is 2.36 bits per heavy atom. The molecule has 0 bridgehead atoms. The highest BCUT2D eigenvalue weighted by Crippen LogP contribution is 2.19. The van der Waals surface area contributed by atoms with Crippen molar-refractivity contribution in [1.29, 1.82) is 0 Å². The monoisotopic (exact) mass is 157 g/mol. The molecule has 0 aromatic rings. The molecule has 2 heteroatoms. The molecule has 0 radical (unpaired) electrons. The first kappa shape index (κ1) is 9.01. The van der Waals surface area contributed by atoms with E-state index in [1.165, 1.54) is 19.3 Å². The predicted molar refractivity (Wildman–Crippen MR) is 46.7 cm³/mol. The van der Waals surface area contributed by atoms with Gasteiger partial charge in [0.1, 0.15) is 0 Å². The van der Waals surface area contributed by atoms with Gasteiger partial charge in [-0.05, 0) is 26.7 Å². The van der Waals surface area contributed by atoms with Crippen molar-refractivity contribution in [2.45, 2.75) is 51.3 Å². The minimum Gasteiger partial charge on any atom is -0.380 e. The fourth-order valence-electron chi connectivity index (χ4n) is 1.29. The molecule has 0 heterocycles. The molecule has 1 saturated carbocycles. The van der Waals surface area contributed by atoms with E-state index in [4.69, 9.17) is 4.74 Å². The van der Waals surface area contributed by atoms with Crippen LogP contribution in [0.25, 0.3) is 0 Å². The van der Waals surface area contributed by atoms with Crippen LogP contribution in [0.15, 0.2) is 0 Å². The summed E-state index contributed by atoms with van der Waals surface area (Å²) in [4.78, 5) is 0. The molecule has 11 heavy (non-hydrogen) atoms. The van der Waals surface area contributed by atoms with Gasteiger partial charge in [-0.3, -0.25) is 0 Å². The number of nitrogens with one attached hydrogen (secondary N) is 1. The van der Waals surface area contributed by atoms with Crippen LogP contribution in [-0.2, 0) is 4.74 Å². The van der Waals surface area contributed by atoms with Crippen molar-refractivity contribution < 1.29 is 4.74 Å². The van der Waals surface area contributed by atoms with Gasteiger partial charge in [-0.15, -0.1) is 0 Å². The van der Waals surface area contributed by atoms with Crippen LogP contribution in [0.4, 0.5) is 0 Å². The maximum Gasteiger partial charge on any atom is 0.0693 e. The van der Waals surface area contributed by atoms with Crippen molar-refractivity contribution in [1.82, 2.24) is 5.32 Å². The minimum atomic E-state index is 0.329. The molecule has 1 aliphatic rings. The fraction of sp³-hybridized carbons (Fsp3) is 1.00. The third-order valence-electron chi connectivity index (χ3n) is 2.68. The first-order valence-corrected chi connectivity index (χ1v) is 4.53. The molecule has 1 fully saturated rings. The van der Waals surface area contributed by atoms with E-state index in [1.807, 2.05) is 0 Å². The van der Waals surface area contributed by atoms with Gasteiger partial charge in [-0.1, -0.05) is 6.42 Å². The van der Waals surface area contributed by atoms with E-state index in [1.54, 1.807) is 7.11 Å². The summed E-state index contributed by atoms with van der Waals surface area (Å²) in [6.07, 6.45) is 4.42. The standard InChI is InChI=1S/C9H19NO/c1-7(8(2)11-3)10-9-5-4-6-9/h7-10H,4-6H2,1-3H3/t7-,8?/m1/s1. The molecule has 2 atom stereocenters. The minimum absolute atomic E-state index is 0.329. The van der Waals surface area contributed by atoms with E-state index in [0.29, 0.717) is 12.1 Å². The SMILES string of the molecule is COC(C)[C@@H](C)NC1CCC1. The lowest BCUT2D eigenvalue weighted by atomic mass is 9.92. The van der Waals surface area contributed by atoms with Gasteiger partial charge in [0.25, 0.3) is 0 Å². The summed E-state index contributed by atoms with van der Waals surface area (Å²) in [7, 11) is 1.77. The second kappa shape index (κ2) is 4.07. The summed E-state index contributed by atoms with van der Waals surface area (Å²) >= 11 is 0. The molecule has 2 nitrogen and oxygen atoms in total. The second-order valence-electron chi connectivity index (χ2n) is 3.52. The first-order chi connectivity index (χ1) is 5.24. The summed E-state index contributed by atoms with van der Waals surface area (Å²) in [6.45, 7) is 4.29. The number of hydrogen-bond donors (Lipinski definition) is 1. The quantitative estimate of drug-likeness (QED) is 0.668. The fourth-order valence-corrected chi connectivity index (χ4v) is 1.29. The molecule has 0 amide bonds. The molecule has 0 aromatic heterocycles. The van der Waals surface area contributed by atoms with Crippen molar-refractivity contribution in [3.8, 4) is 0 Å². The van der Waals surface area contributed by atoms with Crippen molar-refractivity contribution in [2.75, 3.05) is 7.11 Å². The number of methoxy groups -OCH3 is 1. The van der Waals surface area contributed by atoms with Gasteiger partial charge < -0.3 is 10.1 Å². The van der Waals surface area contributed by atoms with Gasteiger partial charge in [0, 0.05) is 19.2 Å². The number of ether oxygens (including phenoxy) is 1. The van der Waals surface area contributed by atoms with Crippen LogP contribution in [0.1, 0.15) is 33.1 Å². The molecule has 1 unspecified atom stereocenters. The molecule has 0 aromatic carbocycles. The summed E-state index contributed by atoms with van der Waals surface area (Å²) in [5.41, 5.74) is 0. The number of rotatable bonds is 4. The molecule has 1 rings (SSSR count). The van der Waals surface area contributed by atoms with Gasteiger partial charge in [0.2, 0.25) is 0 Å². The summed E-state index contributed by atoms with van der Waals surface area (Å²) < 4.78 is 5.22. The van der Waals surface area contributed by atoms with E-state index in [9.17, 15) is 0 Å². The van der Waals surface area contributed by atoms with Gasteiger partial charge in [0.05, 0.1) is 6.10 Å². The third-order valence-corrected chi connectivity index (χ3v) is 2.68. The summed E-state index contributed by atoms with van der Waals surface area (Å²) in [5, 5.41) is 3.54. The van der Waals surface area contributed by atoms with E-state index in [2.05, 4.69) is 19.2 Å². The Balaban J connectivity index is 2.13. The highest BCUT2D eigenvalue weighted by atomic mass is 16.5. The van der Waals surface area contributed by atoms with Crippen LogP contribution in [-0.4, -0.2) is 25.3 Å². The van der Waals surface area contributed by atoms with E-state index in [-0.39, 0.29) is 0 Å². The summed E-state index contributed by atoms with van der Waals surface area (Å²) in [6, 6.07) is 1.26. The molecule has 1 N–H and O–H groups in total. The number of hydrogen-bond acceptors (Lipinski definition) is 2. The Labute approximate surface area is 69.3 Å². The van der Waals surface area contributed by atoms with Crippen molar-refractivity contribution in [3.05, 3.63) is 0 Å². The van der Waals surface area contributed by atoms with Gasteiger partial charge >= 0.3 is 0 Å². The zero-order valence-corrected chi connectivity index (χ0v) is 7.76. The Morgan fingerprint density at radius 2 is 2.00 bits per heavy atom. The molecule has 0 spiro atoms. The van der Waals surface area contributed by atoms with Crippen molar-refractivity contribution in [2.24, 2.45) is 0 Å². The Kier molecular flexibility index (Phi) is 3.34. The molecular weight excluding hydrogens is 138 g/mol. The average Bonchev–Trinajstić information content (AvgIpc) is 1.94.